The molecule has 2 rings (SSSR count). The van der Waals surface area contributed by atoms with Crippen LogP contribution in [0.3, 0.4) is 0 Å². The van der Waals surface area contributed by atoms with Gasteiger partial charge in [-0.15, -0.1) is 0 Å². The molecule has 7 heteroatoms. The van der Waals surface area contributed by atoms with Crippen LogP contribution in [-0.2, 0) is 9.53 Å². The van der Waals surface area contributed by atoms with Gasteiger partial charge in [-0.05, 0) is 37.6 Å². The molecule has 1 heterocycles. The third-order valence-electron chi connectivity index (χ3n) is 3.81. The van der Waals surface area contributed by atoms with Crippen LogP contribution >= 0.6 is 0 Å². The molecule has 0 fully saturated rings. The van der Waals surface area contributed by atoms with Crippen molar-refractivity contribution >= 4 is 17.7 Å². The number of hydrogen-bond donors (Lipinski definition) is 2. The summed E-state index contributed by atoms with van der Waals surface area (Å²) < 4.78 is 10.2. The van der Waals surface area contributed by atoms with Gasteiger partial charge >= 0.3 is 5.97 Å². The highest BCUT2D eigenvalue weighted by Gasteiger charge is 2.21. The predicted octanol–water partition coefficient (Wildman–Crippen LogP) is 2.65. The zero-order valence-electron chi connectivity index (χ0n) is 15.0. The summed E-state index contributed by atoms with van der Waals surface area (Å²) in [5, 5.41) is 2.80. The number of aromatic amines is 1. The van der Waals surface area contributed by atoms with Gasteiger partial charge in [0.1, 0.15) is 11.4 Å². The summed E-state index contributed by atoms with van der Waals surface area (Å²) >= 11 is 0. The minimum absolute atomic E-state index is 0.0208. The second-order valence-electron chi connectivity index (χ2n) is 5.67. The fourth-order valence-electron chi connectivity index (χ4n) is 2.46. The molecule has 0 saturated carbocycles. The van der Waals surface area contributed by atoms with E-state index in [9.17, 15) is 14.4 Å². The van der Waals surface area contributed by atoms with Gasteiger partial charge in [-0.1, -0.05) is 12.1 Å². The van der Waals surface area contributed by atoms with Crippen molar-refractivity contribution in [3.63, 3.8) is 0 Å². The van der Waals surface area contributed by atoms with Crippen molar-refractivity contribution in [1.29, 1.82) is 0 Å². The number of Topliss-reactive ketones (excluding diaryl/α,β-unsaturated/α-hetero) is 1. The third-order valence-corrected chi connectivity index (χ3v) is 3.81. The van der Waals surface area contributed by atoms with Crippen molar-refractivity contribution in [2.24, 2.45) is 0 Å². The van der Waals surface area contributed by atoms with Gasteiger partial charge in [-0.3, -0.25) is 14.4 Å². The largest absolute Gasteiger partial charge is 0.497 e. The number of benzene rings is 1. The van der Waals surface area contributed by atoms with Crippen LogP contribution in [0.4, 0.5) is 0 Å². The molecule has 0 spiro atoms. The number of rotatable bonds is 8. The predicted molar refractivity (Wildman–Crippen MR) is 95.2 cm³/mol. The fraction of sp³-hybridized carbons (Fsp3) is 0.316. The van der Waals surface area contributed by atoms with Gasteiger partial charge in [0.05, 0.1) is 26.2 Å². The third kappa shape index (κ3) is 4.95. The Labute approximate surface area is 151 Å². The number of H-pyrrole nitrogens is 1. The zero-order valence-corrected chi connectivity index (χ0v) is 15.0. The molecule has 0 radical (unpaired) electrons. The number of hydrogen-bond acceptors (Lipinski definition) is 5. The number of methoxy groups -OCH3 is 1. The van der Waals surface area contributed by atoms with E-state index in [1.165, 1.54) is 19.2 Å². The van der Waals surface area contributed by atoms with Crippen LogP contribution in [0.15, 0.2) is 36.5 Å². The van der Waals surface area contributed by atoms with Gasteiger partial charge in [0.25, 0.3) is 5.91 Å². The fourth-order valence-corrected chi connectivity index (χ4v) is 2.46. The van der Waals surface area contributed by atoms with Gasteiger partial charge in [0.2, 0.25) is 0 Å². The Morgan fingerprint density at radius 1 is 1.23 bits per heavy atom. The van der Waals surface area contributed by atoms with Gasteiger partial charge in [0.15, 0.2) is 5.78 Å². The van der Waals surface area contributed by atoms with Gasteiger partial charge in [-0.25, -0.2) is 0 Å². The van der Waals surface area contributed by atoms with Crippen molar-refractivity contribution in [1.82, 2.24) is 10.3 Å². The quantitative estimate of drug-likeness (QED) is 0.558. The van der Waals surface area contributed by atoms with Crippen LogP contribution < -0.4 is 10.1 Å². The average Bonchev–Trinajstić information content (AvgIpc) is 3.12. The molecule has 1 amide bonds. The first-order chi connectivity index (χ1) is 12.4. The van der Waals surface area contributed by atoms with E-state index in [0.717, 1.165) is 0 Å². The van der Waals surface area contributed by atoms with Crippen LogP contribution in [0, 0.1) is 0 Å². The lowest BCUT2D eigenvalue weighted by molar-refractivity contribution is -0.143. The lowest BCUT2D eigenvalue weighted by atomic mass is 10.0. The molecule has 7 nitrogen and oxygen atoms in total. The number of amides is 1. The highest BCUT2D eigenvalue weighted by Crippen LogP contribution is 2.23. The number of carbonyl (C=O) groups excluding carboxylic acids is 3. The van der Waals surface area contributed by atoms with Crippen molar-refractivity contribution in [3.05, 3.63) is 53.3 Å². The van der Waals surface area contributed by atoms with E-state index >= 15 is 0 Å². The van der Waals surface area contributed by atoms with Crippen molar-refractivity contribution < 1.29 is 23.9 Å². The van der Waals surface area contributed by atoms with Crippen molar-refractivity contribution in [3.8, 4) is 5.75 Å². The molecule has 26 heavy (non-hydrogen) atoms. The zero-order chi connectivity index (χ0) is 19.1. The Balaban J connectivity index is 2.22. The molecule has 1 aromatic heterocycles. The van der Waals surface area contributed by atoms with Crippen LogP contribution in [0.25, 0.3) is 0 Å². The number of aromatic nitrogens is 1. The second-order valence-corrected chi connectivity index (χ2v) is 5.67. The van der Waals surface area contributed by atoms with E-state index in [2.05, 4.69) is 10.3 Å². The summed E-state index contributed by atoms with van der Waals surface area (Å²) in [7, 11) is 1.54. The highest BCUT2D eigenvalue weighted by molar-refractivity contribution is 5.99. The van der Waals surface area contributed by atoms with E-state index in [1.807, 2.05) is 0 Å². The van der Waals surface area contributed by atoms with Crippen molar-refractivity contribution in [2.75, 3.05) is 13.7 Å². The summed E-state index contributed by atoms with van der Waals surface area (Å²) in [4.78, 5) is 38.6. The van der Waals surface area contributed by atoms with E-state index in [4.69, 9.17) is 9.47 Å². The van der Waals surface area contributed by atoms with Gasteiger partial charge in [0, 0.05) is 11.8 Å². The topological polar surface area (TPSA) is 97.5 Å². The molecule has 138 valence electrons. The maximum Gasteiger partial charge on any atom is 0.308 e. The molecule has 1 aromatic carbocycles. The minimum atomic E-state index is -0.597. The van der Waals surface area contributed by atoms with Crippen LogP contribution in [-0.4, -0.2) is 36.4 Å². The summed E-state index contributed by atoms with van der Waals surface area (Å²) in [5.41, 5.74) is 1.37. The van der Waals surface area contributed by atoms with Crippen LogP contribution in [0.5, 0.6) is 5.75 Å². The van der Waals surface area contributed by atoms with E-state index in [1.54, 1.807) is 38.3 Å². The number of esters is 1. The Hall–Kier alpha value is -3.09. The molecular weight excluding hydrogens is 336 g/mol. The summed E-state index contributed by atoms with van der Waals surface area (Å²) in [6.07, 6.45) is 1.45. The Morgan fingerprint density at radius 2 is 2.00 bits per heavy atom. The summed E-state index contributed by atoms with van der Waals surface area (Å²) in [6, 6.07) is 7.98. The van der Waals surface area contributed by atoms with Crippen molar-refractivity contribution in [2.45, 2.75) is 26.3 Å². The number of ketones is 1. The smallest absolute Gasteiger partial charge is 0.308 e. The SMILES string of the molecule is CCOC(=O)C[C@@H](NC(=O)c1cc(C(C)=O)c[nH]1)c1cccc(OC)c1. The normalized spacial score (nSPS) is 11.5. The first kappa shape index (κ1) is 19.2. The minimum Gasteiger partial charge on any atom is -0.497 e. The van der Waals surface area contributed by atoms with E-state index in [-0.39, 0.29) is 24.5 Å². The molecule has 0 aliphatic carbocycles. The van der Waals surface area contributed by atoms with Crippen LogP contribution in [0.1, 0.15) is 52.7 Å². The summed E-state index contributed by atoms with van der Waals surface area (Å²) in [6.45, 7) is 3.40. The van der Waals surface area contributed by atoms with E-state index in [0.29, 0.717) is 16.9 Å². The van der Waals surface area contributed by atoms with Gasteiger partial charge in [-0.2, -0.15) is 0 Å². The highest BCUT2D eigenvalue weighted by atomic mass is 16.5. The maximum absolute atomic E-state index is 12.5. The Morgan fingerprint density at radius 3 is 2.62 bits per heavy atom. The lowest BCUT2D eigenvalue weighted by Gasteiger charge is -2.19. The molecule has 1 atom stereocenters. The molecule has 0 saturated heterocycles. The first-order valence-electron chi connectivity index (χ1n) is 8.24. The van der Waals surface area contributed by atoms with Crippen LogP contribution in [0.2, 0.25) is 0 Å². The second kappa shape index (κ2) is 8.84. The molecule has 0 unspecified atom stereocenters. The Bertz CT molecular complexity index is 797. The number of carbonyl (C=O) groups is 3. The Kier molecular flexibility index (Phi) is 6.54. The maximum atomic E-state index is 12.5. The lowest BCUT2D eigenvalue weighted by Crippen LogP contribution is -2.31. The molecule has 0 bridgehead atoms. The monoisotopic (exact) mass is 358 g/mol. The molecule has 2 aromatic rings. The molecule has 0 aliphatic heterocycles. The average molecular weight is 358 g/mol. The standard InChI is InChI=1S/C19H22N2O5/c1-4-26-18(23)10-16(13-6-5-7-15(8-13)25-3)21-19(24)17-9-14(11-20-17)12(2)22/h5-9,11,16,20H,4,10H2,1-3H3,(H,21,24)/t16-/m1/s1. The molecule has 0 aliphatic rings. The first-order valence-corrected chi connectivity index (χ1v) is 8.24. The number of nitrogens with one attached hydrogen (secondary N) is 2. The molecule has 2 N–H and O–H groups in total. The summed E-state index contributed by atoms with van der Waals surface area (Å²) in [5.74, 6) is -0.369. The van der Waals surface area contributed by atoms with Gasteiger partial charge < -0.3 is 19.8 Å². The van der Waals surface area contributed by atoms with E-state index < -0.39 is 17.9 Å². The number of ether oxygens (including phenoxy) is 2. The molecular formula is C19H22N2O5.